The summed E-state index contributed by atoms with van der Waals surface area (Å²) < 4.78 is 11.3. The molecule has 0 radical (unpaired) electrons. The molecule has 180 valence electrons. The minimum Gasteiger partial charge on any atom is -0.481 e. The molecule has 0 aromatic carbocycles. The van der Waals surface area contributed by atoms with Crippen molar-refractivity contribution < 1.29 is 38.9 Å². The van der Waals surface area contributed by atoms with E-state index < -0.39 is 53.0 Å². The van der Waals surface area contributed by atoms with E-state index in [1.54, 1.807) is 0 Å². The van der Waals surface area contributed by atoms with E-state index >= 15 is 0 Å². The molecular weight excluding hydrogens is 428 g/mol. The Bertz CT molecular complexity index is 817. The van der Waals surface area contributed by atoms with Crippen molar-refractivity contribution in [2.75, 3.05) is 13.2 Å². The minimum absolute atomic E-state index is 0.0229. The lowest BCUT2D eigenvalue weighted by molar-refractivity contribution is -0.167. The Morgan fingerprint density at radius 3 is 1.33 bits per heavy atom. The van der Waals surface area contributed by atoms with Gasteiger partial charge in [-0.05, 0) is 49.4 Å². The topological polar surface area (TPSA) is 127 Å². The molecule has 0 saturated heterocycles. The lowest BCUT2D eigenvalue weighted by Gasteiger charge is -2.33. The number of allylic oxidation sites excluding steroid dienone is 4. The number of fused-ring (bicyclic) bond motifs is 4. The van der Waals surface area contributed by atoms with Gasteiger partial charge in [-0.25, -0.2) is 0 Å². The van der Waals surface area contributed by atoms with E-state index in [1.807, 2.05) is 38.2 Å². The number of rotatable bonds is 10. The van der Waals surface area contributed by atoms with Crippen molar-refractivity contribution in [2.24, 2.45) is 52.8 Å². The standard InChI is InChI=1S/C25H32O8/c1-3-25(4-2,11-32-23(30)19-15-7-5-13(9-15)17(19)21(26)27)12-33-24(31)20-16-8-6-14(10-16)18(20)22(28)29/h5-8,13-20H,3-4,9-12H2,1-2H3,(H,26,27)(H,28,29). The molecule has 0 aromatic rings. The molecule has 2 N–H and O–H groups in total. The van der Waals surface area contributed by atoms with Crippen LogP contribution in [0.1, 0.15) is 39.5 Å². The molecule has 0 heterocycles. The first-order chi connectivity index (χ1) is 15.7. The fourth-order valence-corrected chi connectivity index (χ4v) is 6.30. The molecular formula is C25H32O8. The number of carbonyl (C=O) groups excluding carboxylic acids is 2. The second kappa shape index (κ2) is 8.95. The average molecular weight is 461 g/mol. The van der Waals surface area contributed by atoms with Gasteiger partial charge in [0.15, 0.2) is 0 Å². The number of hydrogen-bond donors (Lipinski definition) is 2. The fraction of sp³-hybridized carbons (Fsp3) is 0.680. The van der Waals surface area contributed by atoms with Crippen LogP contribution in [0.4, 0.5) is 0 Å². The molecule has 0 spiro atoms. The lowest BCUT2D eigenvalue weighted by Crippen LogP contribution is -2.40. The first-order valence-electron chi connectivity index (χ1n) is 11.9. The zero-order chi connectivity index (χ0) is 23.9. The van der Waals surface area contributed by atoms with Crippen LogP contribution in [0.2, 0.25) is 0 Å². The normalized spacial score (nSPS) is 35.7. The minimum atomic E-state index is -0.979. The summed E-state index contributed by atoms with van der Waals surface area (Å²) in [5.41, 5.74) is -0.607. The van der Waals surface area contributed by atoms with Gasteiger partial charge in [-0.2, -0.15) is 0 Å². The number of ether oxygens (including phenoxy) is 2. The maximum atomic E-state index is 12.9. The van der Waals surface area contributed by atoms with E-state index in [-0.39, 0.29) is 36.9 Å². The van der Waals surface area contributed by atoms with Crippen LogP contribution in [-0.4, -0.2) is 47.3 Å². The molecule has 8 unspecified atom stereocenters. The summed E-state index contributed by atoms with van der Waals surface area (Å²) in [5, 5.41) is 19.2. The maximum Gasteiger partial charge on any atom is 0.310 e. The van der Waals surface area contributed by atoms with Gasteiger partial charge in [0, 0.05) is 5.41 Å². The van der Waals surface area contributed by atoms with Crippen molar-refractivity contribution in [3.8, 4) is 0 Å². The van der Waals surface area contributed by atoms with Crippen LogP contribution in [0.15, 0.2) is 24.3 Å². The highest BCUT2D eigenvalue weighted by Gasteiger charge is 2.54. The zero-order valence-corrected chi connectivity index (χ0v) is 19.0. The van der Waals surface area contributed by atoms with Gasteiger partial charge >= 0.3 is 23.9 Å². The maximum absolute atomic E-state index is 12.9. The molecule has 8 atom stereocenters. The molecule has 0 aliphatic heterocycles. The third kappa shape index (κ3) is 4.08. The average Bonchev–Trinajstić information content (AvgIpc) is 3.59. The van der Waals surface area contributed by atoms with Gasteiger partial charge in [0.05, 0.1) is 23.7 Å². The molecule has 33 heavy (non-hydrogen) atoms. The highest BCUT2D eigenvalue weighted by molar-refractivity contribution is 5.84. The van der Waals surface area contributed by atoms with Crippen molar-refractivity contribution >= 4 is 23.9 Å². The first-order valence-corrected chi connectivity index (χ1v) is 11.9. The number of carbonyl (C=O) groups is 4. The zero-order valence-electron chi connectivity index (χ0n) is 19.0. The monoisotopic (exact) mass is 460 g/mol. The highest BCUT2D eigenvalue weighted by Crippen LogP contribution is 2.50. The second-order valence-corrected chi connectivity index (χ2v) is 10.1. The van der Waals surface area contributed by atoms with Crippen LogP contribution in [-0.2, 0) is 28.7 Å². The van der Waals surface area contributed by atoms with Gasteiger partial charge in [-0.3, -0.25) is 19.2 Å². The van der Waals surface area contributed by atoms with E-state index in [9.17, 15) is 29.4 Å². The van der Waals surface area contributed by atoms with Crippen LogP contribution in [0.3, 0.4) is 0 Å². The van der Waals surface area contributed by atoms with Gasteiger partial charge in [0.2, 0.25) is 0 Å². The summed E-state index contributed by atoms with van der Waals surface area (Å²) >= 11 is 0. The third-order valence-corrected chi connectivity index (χ3v) is 8.57. The summed E-state index contributed by atoms with van der Waals surface area (Å²) in [6, 6.07) is 0. The molecule has 2 saturated carbocycles. The highest BCUT2D eigenvalue weighted by atomic mass is 16.5. The smallest absolute Gasteiger partial charge is 0.310 e. The quantitative estimate of drug-likeness (QED) is 0.376. The summed E-state index contributed by atoms with van der Waals surface area (Å²) in [6.07, 6.45) is 10.1. The fourth-order valence-electron chi connectivity index (χ4n) is 6.30. The summed E-state index contributed by atoms with van der Waals surface area (Å²) in [4.78, 5) is 49.2. The Hall–Kier alpha value is -2.64. The van der Waals surface area contributed by atoms with Crippen LogP contribution in [0, 0.1) is 52.8 Å². The Labute approximate surface area is 193 Å². The van der Waals surface area contributed by atoms with Crippen molar-refractivity contribution in [3.63, 3.8) is 0 Å². The van der Waals surface area contributed by atoms with Crippen molar-refractivity contribution in [3.05, 3.63) is 24.3 Å². The van der Waals surface area contributed by atoms with E-state index in [0.717, 1.165) is 0 Å². The number of carboxylic acids is 2. The molecule has 8 heteroatoms. The van der Waals surface area contributed by atoms with Crippen molar-refractivity contribution in [1.29, 1.82) is 0 Å². The van der Waals surface area contributed by atoms with Gasteiger partial charge < -0.3 is 19.7 Å². The Kier molecular flexibility index (Phi) is 6.38. The molecule has 4 bridgehead atoms. The molecule has 2 fully saturated rings. The molecule has 0 aromatic heterocycles. The van der Waals surface area contributed by atoms with Gasteiger partial charge in [0.1, 0.15) is 13.2 Å². The van der Waals surface area contributed by atoms with Gasteiger partial charge in [0.25, 0.3) is 0 Å². The van der Waals surface area contributed by atoms with E-state index in [4.69, 9.17) is 9.47 Å². The number of aliphatic carboxylic acids is 2. The Balaban J connectivity index is 1.37. The van der Waals surface area contributed by atoms with Crippen LogP contribution < -0.4 is 0 Å². The molecule has 8 nitrogen and oxygen atoms in total. The molecule has 4 aliphatic carbocycles. The van der Waals surface area contributed by atoms with Crippen LogP contribution >= 0.6 is 0 Å². The second-order valence-electron chi connectivity index (χ2n) is 10.1. The van der Waals surface area contributed by atoms with E-state index in [1.165, 1.54) is 0 Å². The summed E-state index contributed by atoms with van der Waals surface area (Å²) in [5.74, 6) is -6.38. The molecule has 4 rings (SSSR count). The largest absolute Gasteiger partial charge is 0.481 e. The Morgan fingerprint density at radius 2 is 1.03 bits per heavy atom. The van der Waals surface area contributed by atoms with Crippen molar-refractivity contribution in [2.45, 2.75) is 39.5 Å². The Morgan fingerprint density at radius 1 is 0.697 bits per heavy atom. The molecule has 4 aliphatic rings. The predicted octanol–water partition coefficient (Wildman–Crippen LogP) is 2.93. The van der Waals surface area contributed by atoms with Gasteiger partial charge in [-0.1, -0.05) is 38.2 Å². The summed E-state index contributed by atoms with van der Waals surface area (Å²) in [6.45, 7) is 3.89. The number of esters is 2. The van der Waals surface area contributed by atoms with Crippen LogP contribution in [0.25, 0.3) is 0 Å². The third-order valence-electron chi connectivity index (χ3n) is 8.57. The molecule has 0 amide bonds. The number of hydrogen-bond acceptors (Lipinski definition) is 6. The lowest BCUT2D eigenvalue weighted by atomic mass is 9.82. The predicted molar refractivity (Wildman–Crippen MR) is 116 cm³/mol. The van der Waals surface area contributed by atoms with E-state index in [2.05, 4.69) is 0 Å². The van der Waals surface area contributed by atoms with Gasteiger partial charge in [-0.15, -0.1) is 0 Å². The first kappa shape index (κ1) is 23.5. The van der Waals surface area contributed by atoms with Crippen molar-refractivity contribution in [1.82, 2.24) is 0 Å². The van der Waals surface area contributed by atoms with E-state index in [0.29, 0.717) is 25.7 Å². The summed E-state index contributed by atoms with van der Waals surface area (Å²) in [7, 11) is 0. The van der Waals surface area contributed by atoms with Crippen LogP contribution in [0.5, 0.6) is 0 Å². The SMILES string of the molecule is CCC(CC)(COC(=O)C1C2C=CC(C2)C1C(=O)O)COC(=O)C1C2C=CC(C2)C1C(=O)O. The number of carboxylic acid groups (broad SMARTS) is 2.